The fourth-order valence-corrected chi connectivity index (χ4v) is 1.96. The molecule has 0 atom stereocenters. The zero-order valence-corrected chi connectivity index (χ0v) is 9.82. The number of carbonyl (C=O) groups is 1. The molecule has 4 nitrogen and oxygen atoms in total. The summed E-state index contributed by atoms with van der Waals surface area (Å²) in [6, 6.07) is 9.51. The average Bonchev–Trinajstić information content (AvgIpc) is 2.88. The quantitative estimate of drug-likeness (QED) is 0.786. The van der Waals surface area contributed by atoms with E-state index in [-0.39, 0.29) is 12.1 Å². The number of amides is 2. The molecule has 0 saturated heterocycles. The number of hydrogen-bond donors (Lipinski definition) is 2. The molecule has 0 bridgehead atoms. The van der Waals surface area contributed by atoms with Crippen molar-refractivity contribution in [2.45, 2.75) is 38.3 Å². The molecule has 0 radical (unpaired) electrons. The molecular formula is C13H18N2O2. The van der Waals surface area contributed by atoms with E-state index in [1.807, 2.05) is 30.3 Å². The van der Waals surface area contributed by atoms with E-state index in [4.69, 9.17) is 4.84 Å². The van der Waals surface area contributed by atoms with E-state index in [1.54, 1.807) is 0 Å². The topological polar surface area (TPSA) is 50.4 Å². The first-order valence-electron chi connectivity index (χ1n) is 6.08. The molecule has 0 aromatic heterocycles. The summed E-state index contributed by atoms with van der Waals surface area (Å²) in [6.45, 7) is 0.515. The normalized spacial score (nSPS) is 15.8. The molecule has 1 aromatic carbocycles. The van der Waals surface area contributed by atoms with Gasteiger partial charge in [-0.25, -0.2) is 10.3 Å². The van der Waals surface area contributed by atoms with Crippen LogP contribution in [0.2, 0.25) is 0 Å². The Bertz CT molecular complexity index is 348. The molecule has 0 aliphatic heterocycles. The smallest absolute Gasteiger partial charge is 0.332 e. The van der Waals surface area contributed by atoms with Gasteiger partial charge in [-0.2, -0.15) is 0 Å². The molecule has 0 heterocycles. The number of hydrogen-bond acceptors (Lipinski definition) is 2. The van der Waals surface area contributed by atoms with E-state index >= 15 is 0 Å². The van der Waals surface area contributed by atoms with Crippen LogP contribution in [0.25, 0.3) is 0 Å². The van der Waals surface area contributed by atoms with Gasteiger partial charge in [0, 0.05) is 6.54 Å². The van der Waals surface area contributed by atoms with Gasteiger partial charge in [-0.15, -0.1) is 0 Å². The molecule has 2 N–H and O–H groups in total. The van der Waals surface area contributed by atoms with Gasteiger partial charge in [-0.05, 0) is 18.4 Å². The van der Waals surface area contributed by atoms with Crippen molar-refractivity contribution >= 4 is 6.03 Å². The monoisotopic (exact) mass is 234 g/mol. The maximum atomic E-state index is 11.4. The molecule has 2 amide bonds. The van der Waals surface area contributed by atoms with Crippen molar-refractivity contribution in [2.75, 3.05) is 0 Å². The third-order valence-corrected chi connectivity index (χ3v) is 2.92. The Balaban J connectivity index is 1.64. The minimum Gasteiger partial charge on any atom is -0.332 e. The van der Waals surface area contributed by atoms with Gasteiger partial charge in [0.1, 0.15) is 0 Å². The summed E-state index contributed by atoms with van der Waals surface area (Å²) in [4.78, 5) is 16.7. The van der Waals surface area contributed by atoms with Crippen LogP contribution in [-0.2, 0) is 11.4 Å². The van der Waals surface area contributed by atoms with E-state index in [0.29, 0.717) is 6.54 Å². The van der Waals surface area contributed by atoms with Gasteiger partial charge < -0.3 is 5.32 Å². The Morgan fingerprint density at radius 3 is 2.65 bits per heavy atom. The number of carbonyl (C=O) groups excluding carboxylic acids is 1. The largest absolute Gasteiger partial charge is 0.338 e. The van der Waals surface area contributed by atoms with Gasteiger partial charge in [0.2, 0.25) is 0 Å². The number of rotatable bonds is 4. The number of benzene rings is 1. The highest BCUT2D eigenvalue weighted by atomic mass is 16.7. The van der Waals surface area contributed by atoms with Gasteiger partial charge in [0.05, 0.1) is 6.10 Å². The molecule has 1 fully saturated rings. The van der Waals surface area contributed by atoms with Crippen LogP contribution in [0.1, 0.15) is 31.2 Å². The molecule has 0 spiro atoms. The van der Waals surface area contributed by atoms with Crippen LogP contribution in [0.3, 0.4) is 0 Å². The number of hydroxylamine groups is 1. The molecule has 4 heteroatoms. The lowest BCUT2D eigenvalue weighted by Crippen LogP contribution is -2.37. The highest BCUT2D eigenvalue weighted by Crippen LogP contribution is 2.19. The Morgan fingerprint density at radius 2 is 1.94 bits per heavy atom. The molecule has 92 valence electrons. The predicted molar refractivity (Wildman–Crippen MR) is 65.2 cm³/mol. The van der Waals surface area contributed by atoms with Crippen molar-refractivity contribution in [1.29, 1.82) is 0 Å². The summed E-state index contributed by atoms with van der Waals surface area (Å²) in [5.74, 6) is 0. The van der Waals surface area contributed by atoms with Crippen LogP contribution in [0, 0.1) is 0 Å². The van der Waals surface area contributed by atoms with Crippen molar-refractivity contribution in [3.63, 3.8) is 0 Å². The van der Waals surface area contributed by atoms with E-state index in [9.17, 15) is 4.79 Å². The highest BCUT2D eigenvalue weighted by molar-refractivity contribution is 5.72. The summed E-state index contributed by atoms with van der Waals surface area (Å²) >= 11 is 0. The summed E-state index contributed by atoms with van der Waals surface area (Å²) in [6.07, 6.45) is 4.66. The van der Waals surface area contributed by atoms with Crippen LogP contribution in [0.15, 0.2) is 30.3 Å². The molecule has 1 saturated carbocycles. The summed E-state index contributed by atoms with van der Waals surface area (Å²) in [7, 11) is 0. The minimum absolute atomic E-state index is 0.192. The van der Waals surface area contributed by atoms with E-state index in [0.717, 1.165) is 18.4 Å². The minimum atomic E-state index is -0.277. The maximum absolute atomic E-state index is 11.4. The van der Waals surface area contributed by atoms with Crippen molar-refractivity contribution < 1.29 is 9.63 Å². The van der Waals surface area contributed by atoms with Gasteiger partial charge in [-0.1, -0.05) is 43.2 Å². The molecule has 17 heavy (non-hydrogen) atoms. The van der Waals surface area contributed by atoms with E-state index < -0.39 is 0 Å². The Hall–Kier alpha value is -1.55. The third-order valence-electron chi connectivity index (χ3n) is 2.92. The number of urea groups is 1. The zero-order chi connectivity index (χ0) is 11.9. The first-order valence-corrected chi connectivity index (χ1v) is 6.08. The summed E-state index contributed by atoms with van der Waals surface area (Å²) in [5.41, 5.74) is 3.52. The third kappa shape index (κ3) is 4.07. The molecule has 1 aliphatic rings. The lowest BCUT2D eigenvalue weighted by Gasteiger charge is -2.12. The molecule has 2 rings (SSSR count). The van der Waals surface area contributed by atoms with Crippen molar-refractivity contribution in [3.05, 3.63) is 35.9 Å². The van der Waals surface area contributed by atoms with Crippen molar-refractivity contribution in [3.8, 4) is 0 Å². The highest BCUT2D eigenvalue weighted by Gasteiger charge is 2.16. The molecular weight excluding hydrogens is 216 g/mol. The SMILES string of the molecule is O=C(NCc1ccccc1)NOC1CCCC1. The maximum Gasteiger partial charge on any atom is 0.338 e. The van der Waals surface area contributed by atoms with Gasteiger partial charge >= 0.3 is 6.03 Å². The van der Waals surface area contributed by atoms with E-state index in [2.05, 4.69) is 10.8 Å². The predicted octanol–water partition coefficient (Wildman–Crippen LogP) is 2.36. The van der Waals surface area contributed by atoms with Crippen LogP contribution in [-0.4, -0.2) is 12.1 Å². The van der Waals surface area contributed by atoms with Gasteiger partial charge in [0.15, 0.2) is 0 Å². The van der Waals surface area contributed by atoms with Crippen LogP contribution in [0.5, 0.6) is 0 Å². The van der Waals surface area contributed by atoms with Crippen LogP contribution in [0.4, 0.5) is 4.79 Å². The Morgan fingerprint density at radius 1 is 1.24 bits per heavy atom. The fourth-order valence-electron chi connectivity index (χ4n) is 1.96. The lowest BCUT2D eigenvalue weighted by molar-refractivity contribution is 0.000122. The number of nitrogens with one attached hydrogen (secondary N) is 2. The van der Waals surface area contributed by atoms with Crippen molar-refractivity contribution in [1.82, 2.24) is 10.8 Å². The second-order valence-corrected chi connectivity index (χ2v) is 4.29. The first kappa shape index (κ1) is 11.9. The Labute approximate surface area is 101 Å². The zero-order valence-electron chi connectivity index (χ0n) is 9.82. The molecule has 1 aromatic rings. The van der Waals surface area contributed by atoms with Gasteiger partial charge in [0.25, 0.3) is 0 Å². The molecule has 1 aliphatic carbocycles. The van der Waals surface area contributed by atoms with E-state index in [1.165, 1.54) is 12.8 Å². The summed E-state index contributed by atoms with van der Waals surface area (Å²) < 4.78 is 0. The standard InChI is InChI=1S/C13H18N2O2/c16-13(15-17-12-8-4-5-9-12)14-10-11-6-2-1-3-7-11/h1-3,6-7,12H,4-5,8-10H2,(H2,14,15,16). The van der Waals surface area contributed by atoms with Crippen LogP contribution >= 0.6 is 0 Å². The summed E-state index contributed by atoms with van der Waals surface area (Å²) in [5, 5.41) is 2.75. The average molecular weight is 234 g/mol. The van der Waals surface area contributed by atoms with Gasteiger partial charge in [-0.3, -0.25) is 4.84 Å². The fraction of sp³-hybridized carbons (Fsp3) is 0.462. The van der Waals surface area contributed by atoms with Crippen molar-refractivity contribution in [2.24, 2.45) is 0 Å². The second-order valence-electron chi connectivity index (χ2n) is 4.29. The lowest BCUT2D eigenvalue weighted by atomic mass is 10.2. The first-order chi connectivity index (χ1) is 8.34. The van der Waals surface area contributed by atoms with Crippen LogP contribution < -0.4 is 10.8 Å². The second kappa shape index (κ2) is 6.25. The molecule has 0 unspecified atom stereocenters. The Kier molecular flexibility index (Phi) is 4.38.